The number of amides is 1. The first-order valence-electron chi connectivity index (χ1n) is 7.51. The fourth-order valence-electron chi connectivity index (χ4n) is 2.71. The van der Waals surface area contributed by atoms with E-state index in [0.717, 1.165) is 43.9 Å². The van der Waals surface area contributed by atoms with Crippen molar-refractivity contribution in [1.82, 2.24) is 15.0 Å². The summed E-state index contributed by atoms with van der Waals surface area (Å²) in [5, 5.41) is 4.11. The summed E-state index contributed by atoms with van der Waals surface area (Å²) < 4.78 is 5.32. The van der Waals surface area contributed by atoms with Crippen molar-refractivity contribution in [2.75, 3.05) is 19.6 Å². The van der Waals surface area contributed by atoms with Crippen LogP contribution in [0, 0.1) is 5.92 Å². The van der Waals surface area contributed by atoms with E-state index in [1.807, 2.05) is 11.8 Å². The van der Waals surface area contributed by atoms with Gasteiger partial charge in [0.15, 0.2) is 5.82 Å². The molecule has 1 amide bonds. The van der Waals surface area contributed by atoms with Crippen LogP contribution >= 0.6 is 12.4 Å². The van der Waals surface area contributed by atoms with Crippen molar-refractivity contribution in [2.24, 2.45) is 11.7 Å². The third-order valence-electron chi connectivity index (χ3n) is 4.26. The molecule has 6 nitrogen and oxygen atoms in total. The van der Waals surface area contributed by atoms with Crippen LogP contribution in [0.1, 0.15) is 56.2 Å². The fraction of sp³-hybridized carbons (Fsp3) is 0.786. The number of aromatic nitrogens is 2. The Bertz CT molecular complexity index is 489. The molecule has 1 saturated carbocycles. The number of likely N-dealkylation sites (tertiary alicyclic amines) is 1. The monoisotopic (exact) mass is 314 g/mol. The van der Waals surface area contributed by atoms with Gasteiger partial charge in [-0.25, -0.2) is 0 Å². The van der Waals surface area contributed by atoms with Crippen molar-refractivity contribution in [3.8, 4) is 0 Å². The molecule has 2 heterocycles. The third kappa shape index (κ3) is 3.55. The predicted octanol–water partition coefficient (Wildman–Crippen LogP) is 1.67. The second kappa shape index (κ2) is 6.75. The van der Waals surface area contributed by atoms with Crippen LogP contribution in [-0.4, -0.2) is 40.6 Å². The summed E-state index contributed by atoms with van der Waals surface area (Å²) in [6.07, 6.45) is 4.32. The molecule has 0 aromatic carbocycles. The highest BCUT2D eigenvalue weighted by Gasteiger charge is 2.33. The van der Waals surface area contributed by atoms with Crippen molar-refractivity contribution in [1.29, 1.82) is 0 Å². The van der Waals surface area contributed by atoms with Gasteiger partial charge in [0.2, 0.25) is 11.8 Å². The maximum Gasteiger partial charge on any atom is 0.229 e. The fourth-order valence-corrected chi connectivity index (χ4v) is 2.71. The molecule has 1 aliphatic carbocycles. The molecule has 2 aliphatic rings. The minimum atomic E-state index is -0.110. The second-order valence-electron chi connectivity index (χ2n) is 6.03. The zero-order chi connectivity index (χ0) is 14.1. The van der Waals surface area contributed by atoms with Crippen LogP contribution in [0.25, 0.3) is 0 Å². The second-order valence-corrected chi connectivity index (χ2v) is 6.03. The summed E-state index contributed by atoms with van der Waals surface area (Å²) >= 11 is 0. The van der Waals surface area contributed by atoms with Gasteiger partial charge in [0.1, 0.15) is 0 Å². The topological polar surface area (TPSA) is 85.3 Å². The van der Waals surface area contributed by atoms with Crippen molar-refractivity contribution in [3.63, 3.8) is 0 Å². The van der Waals surface area contributed by atoms with Gasteiger partial charge in [-0.05, 0) is 25.7 Å². The number of nitrogens with zero attached hydrogens (tertiary/aromatic N) is 3. The van der Waals surface area contributed by atoms with Gasteiger partial charge in [0.25, 0.3) is 0 Å². The quantitative estimate of drug-likeness (QED) is 0.913. The normalized spacial score (nSPS) is 23.5. The van der Waals surface area contributed by atoms with E-state index in [1.54, 1.807) is 0 Å². The van der Waals surface area contributed by atoms with Gasteiger partial charge in [0, 0.05) is 37.4 Å². The Kier molecular flexibility index (Phi) is 5.22. The van der Waals surface area contributed by atoms with Crippen LogP contribution in [0.5, 0.6) is 0 Å². The zero-order valence-corrected chi connectivity index (χ0v) is 13.1. The summed E-state index contributed by atoms with van der Waals surface area (Å²) in [6.45, 7) is 3.78. The first-order valence-corrected chi connectivity index (χ1v) is 7.51. The van der Waals surface area contributed by atoms with Gasteiger partial charge in [-0.15, -0.1) is 12.4 Å². The van der Waals surface area contributed by atoms with E-state index in [-0.39, 0.29) is 30.2 Å². The van der Waals surface area contributed by atoms with E-state index in [0.29, 0.717) is 19.0 Å². The highest BCUT2D eigenvalue weighted by atomic mass is 35.5. The molecule has 1 aromatic rings. The highest BCUT2D eigenvalue weighted by molar-refractivity contribution is 5.85. The molecule has 2 fully saturated rings. The maximum atomic E-state index is 12.2. The third-order valence-corrected chi connectivity index (χ3v) is 4.26. The standard InChI is InChI=1S/C14H22N4O2.ClH/c1-9(7-15)14(19)18-6-2-3-11(8-18)12-16-13(20-17-12)10-4-5-10;/h9-11H,2-8,15H2,1H3;1H. The van der Waals surface area contributed by atoms with Crippen LogP contribution in [0.4, 0.5) is 0 Å². The van der Waals surface area contributed by atoms with E-state index in [4.69, 9.17) is 10.3 Å². The van der Waals surface area contributed by atoms with Crippen LogP contribution in [0.2, 0.25) is 0 Å². The SMILES string of the molecule is CC(CN)C(=O)N1CCCC(c2noc(C3CC3)n2)C1.Cl. The van der Waals surface area contributed by atoms with Gasteiger partial charge in [-0.2, -0.15) is 4.98 Å². The molecule has 1 aromatic heterocycles. The summed E-state index contributed by atoms with van der Waals surface area (Å²) in [5.74, 6) is 2.26. The number of hydrogen-bond acceptors (Lipinski definition) is 5. The first-order chi connectivity index (χ1) is 9.69. The Morgan fingerprint density at radius 1 is 1.43 bits per heavy atom. The van der Waals surface area contributed by atoms with E-state index in [2.05, 4.69) is 10.1 Å². The van der Waals surface area contributed by atoms with E-state index in [1.165, 1.54) is 0 Å². The summed E-state index contributed by atoms with van der Waals surface area (Å²) in [4.78, 5) is 18.6. The maximum absolute atomic E-state index is 12.2. The van der Waals surface area contributed by atoms with Crippen molar-refractivity contribution in [3.05, 3.63) is 11.7 Å². The molecular weight excluding hydrogens is 292 g/mol. The smallest absolute Gasteiger partial charge is 0.229 e. The van der Waals surface area contributed by atoms with Crippen LogP contribution in [0.15, 0.2) is 4.52 Å². The molecule has 0 bridgehead atoms. The molecule has 21 heavy (non-hydrogen) atoms. The molecule has 2 unspecified atom stereocenters. The van der Waals surface area contributed by atoms with Crippen molar-refractivity contribution < 1.29 is 9.32 Å². The van der Waals surface area contributed by atoms with Crippen molar-refractivity contribution in [2.45, 2.75) is 44.4 Å². The molecule has 3 rings (SSSR count). The van der Waals surface area contributed by atoms with Gasteiger partial charge >= 0.3 is 0 Å². The number of nitrogens with two attached hydrogens (primary N) is 1. The predicted molar refractivity (Wildman–Crippen MR) is 80.3 cm³/mol. The molecule has 7 heteroatoms. The molecule has 0 spiro atoms. The Morgan fingerprint density at radius 3 is 2.86 bits per heavy atom. The summed E-state index contributed by atoms with van der Waals surface area (Å²) in [6, 6.07) is 0. The molecule has 2 atom stereocenters. The van der Waals surface area contributed by atoms with Crippen molar-refractivity contribution >= 4 is 18.3 Å². The number of rotatable bonds is 4. The average molecular weight is 315 g/mol. The van der Waals surface area contributed by atoms with Gasteiger partial charge in [-0.1, -0.05) is 12.1 Å². The molecule has 1 saturated heterocycles. The van der Waals surface area contributed by atoms with E-state index in [9.17, 15) is 4.79 Å². The Balaban J connectivity index is 0.00000161. The minimum absolute atomic E-state index is 0. The lowest BCUT2D eigenvalue weighted by Crippen LogP contribution is -2.43. The molecule has 1 aliphatic heterocycles. The lowest BCUT2D eigenvalue weighted by Gasteiger charge is -2.32. The van der Waals surface area contributed by atoms with E-state index < -0.39 is 0 Å². The van der Waals surface area contributed by atoms with Gasteiger partial charge in [0.05, 0.1) is 0 Å². The lowest BCUT2D eigenvalue weighted by molar-refractivity contribution is -0.135. The Hall–Kier alpha value is -1.14. The Morgan fingerprint density at radius 2 is 2.19 bits per heavy atom. The van der Waals surface area contributed by atoms with Gasteiger partial charge < -0.3 is 15.2 Å². The number of halogens is 1. The number of carbonyl (C=O) groups excluding carboxylic acids is 1. The average Bonchev–Trinajstić information content (AvgIpc) is 3.23. The number of piperidine rings is 1. The lowest BCUT2D eigenvalue weighted by atomic mass is 9.96. The minimum Gasteiger partial charge on any atom is -0.342 e. The summed E-state index contributed by atoms with van der Waals surface area (Å²) in [5.41, 5.74) is 5.58. The largest absolute Gasteiger partial charge is 0.342 e. The first kappa shape index (κ1) is 16.2. The van der Waals surface area contributed by atoms with E-state index >= 15 is 0 Å². The van der Waals surface area contributed by atoms with Crippen LogP contribution in [-0.2, 0) is 4.79 Å². The number of carbonyl (C=O) groups is 1. The summed E-state index contributed by atoms with van der Waals surface area (Å²) in [7, 11) is 0. The molecule has 118 valence electrons. The van der Waals surface area contributed by atoms with Crippen LogP contribution in [0.3, 0.4) is 0 Å². The zero-order valence-electron chi connectivity index (χ0n) is 12.3. The highest BCUT2D eigenvalue weighted by Crippen LogP contribution is 2.39. The van der Waals surface area contributed by atoms with Crippen LogP contribution < -0.4 is 5.73 Å². The molecule has 2 N–H and O–H groups in total. The Labute approximate surface area is 130 Å². The van der Waals surface area contributed by atoms with Gasteiger partial charge in [-0.3, -0.25) is 4.79 Å². The number of hydrogen-bond donors (Lipinski definition) is 1. The molecular formula is C14H23ClN4O2. The molecule has 0 radical (unpaired) electrons.